The maximum atomic E-state index is 11.9. The van der Waals surface area contributed by atoms with Crippen molar-refractivity contribution in [2.45, 2.75) is 26.8 Å². The predicted molar refractivity (Wildman–Crippen MR) is 84.1 cm³/mol. The molecule has 0 heterocycles. The molecule has 7 heteroatoms. The Morgan fingerprint density at radius 2 is 2.00 bits per heavy atom. The number of carbonyl (C=O) groups is 1. The lowest BCUT2D eigenvalue weighted by atomic mass is 10.2. The molecule has 0 N–H and O–H groups in total. The molecule has 1 amide bonds. The van der Waals surface area contributed by atoms with Crippen molar-refractivity contribution >= 4 is 16.0 Å². The summed E-state index contributed by atoms with van der Waals surface area (Å²) >= 11 is 0. The molecule has 0 aromatic heterocycles. The summed E-state index contributed by atoms with van der Waals surface area (Å²) in [6, 6.07) is 6.75. The van der Waals surface area contributed by atoms with Crippen LogP contribution in [0.2, 0.25) is 0 Å². The summed E-state index contributed by atoms with van der Waals surface area (Å²) in [5.41, 5.74) is 0.807. The molecular weight excluding hydrogens is 306 g/mol. The fraction of sp³-hybridized carbons (Fsp3) is 0.533. The van der Waals surface area contributed by atoms with Gasteiger partial charge < -0.3 is 13.8 Å². The van der Waals surface area contributed by atoms with Crippen molar-refractivity contribution < 1.29 is 22.1 Å². The van der Waals surface area contributed by atoms with Gasteiger partial charge in [0.15, 0.2) is 0 Å². The van der Waals surface area contributed by atoms with E-state index in [4.69, 9.17) is 8.92 Å². The van der Waals surface area contributed by atoms with Crippen molar-refractivity contribution in [2.24, 2.45) is 0 Å². The number of benzene rings is 1. The van der Waals surface area contributed by atoms with Gasteiger partial charge in [-0.3, -0.25) is 4.79 Å². The van der Waals surface area contributed by atoms with Gasteiger partial charge in [0.05, 0.1) is 12.4 Å². The van der Waals surface area contributed by atoms with E-state index in [9.17, 15) is 13.2 Å². The topological polar surface area (TPSA) is 72.9 Å². The fourth-order valence-electron chi connectivity index (χ4n) is 1.84. The first-order chi connectivity index (χ1) is 10.4. The number of ether oxygens (including phenoxy) is 1. The first-order valence-electron chi connectivity index (χ1n) is 7.19. The average molecular weight is 329 g/mol. The van der Waals surface area contributed by atoms with Gasteiger partial charge >= 0.3 is 10.1 Å². The van der Waals surface area contributed by atoms with Gasteiger partial charge in [0, 0.05) is 26.6 Å². The SMILES string of the molecule is CCC(=O)N(CCOC)Cc1cccc(OS(=O)(=O)CC)c1. The second kappa shape index (κ2) is 8.75. The summed E-state index contributed by atoms with van der Waals surface area (Å²) in [7, 11) is -1.97. The van der Waals surface area contributed by atoms with Crippen LogP contribution in [-0.2, 0) is 26.2 Å². The molecular formula is C15H23NO5S. The van der Waals surface area contributed by atoms with Gasteiger partial charge in [-0.25, -0.2) is 0 Å². The monoisotopic (exact) mass is 329 g/mol. The van der Waals surface area contributed by atoms with Gasteiger partial charge in [-0.2, -0.15) is 8.42 Å². The van der Waals surface area contributed by atoms with E-state index in [2.05, 4.69) is 0 Å². The lowest BCUT2D eigenvalue weighted by Gasteiger charge is -2.22. The van der Waals surface area contributed by atoms with Crippen LogP contribution >= 0.6 is 0 Å². The lowest BCUT2D eigenvalue weighted by molar-refractivity contribution is -0.132. The third-order valence-corrected chi connectivity index (χ3v) is 4.22. The van der Waals surface area contributed by atoms with Gasteiger partial charge in [0.1, 0.15) is 5.75 Å². The molecule has 0 aliphatic carbocycles. The maximum Gasteiger partial charge on any atom is 0.308 e. The highest BCUT2D eigenvalue weighted by Gasteiger charge is 2.13. The van der Waals surface area contributed by atoms with Crippen molar-refractivity contribution in [1.29, 1.82) is 0 Å². The average Bonchev–Trinajstić information content (AvgIpc) is 2.50. The van der Waals surface area contributed by atoms with E-state index in [1.807, 2.05) is 6.07 Å². The third-order valence-electron chi connectivity index (χ3n) is 3.07. The van der Waals surface area contributed by atoms with Crippen molar-refractivity contribution in [2.75, 3.05) is 26.0 Å². The summed E-state index contributed by atoms with van der Waals surface area (Å²) in [6.07, 6.45) is 0.407. The molecule has 0 aliphatic rings. The molecule has 0 unspecified atom stereocenters. The van der Waals surface area contributed by atoms with E-state index in [1.54, 1.807) is 37.1 Å². The highest BCUT2D eigenvalue weighted by Crippen LogP contribution is 2.17. The molecule has 6 nitrogen and oxygen atoms in total. The summed E-state index contributed by atoms with van der Waals surface area (Å²) in [4.78, 5) is 13.6. The maximum absolute atomic E-state index is 11.9. The van der Waals surface area contributed by atoms with Crippen molar-refractivity contribution in [1.82, 2.24) is 4.90 Å². The summed E-state index contributed by atoms with van der Waals surface area (Å²) in [6.45, 7) is 4.65. The van der Waals surface area contributed by atoms with E-state index in [1.165, 1.54) is 6.92 Å². The first kappa shape index (κ1) is 18.4. The van der Waals surface area contributed by atoms with Gasteiger partial charge in [0.2, 0.25) is 5.91 Å². The van der Waals surface area contributed by atoms with Crippen molar-refractivity contribution in [3.05, 3.63) is 29.8 Å². The van der Waals surface area contributed by atoms with Crippen LogP contribution in [0.4, 0.5) is 0 Å². The Kier molecular flexibility index (Phi) is 7.34. The predicted octanol–water partition coefficient (Wildman–Crippen LogP) is 1.80. The quantitative estimate of drug-likeness (QED) is 0.646. The Bertz CT molecular complexity index is 585. The molecule has 0 saturated heterocycles. The Morgan fingerprint density at radius 3 is 2.59 bits per heavy atom. The number of nitrogens with zero attached hydrogens (tertiary/aromatic N) is 1. The molecule has 1 aromatic carbocycles. The number of rotatable bonds is 9. The molecule has 0 saturated carbocycles. The smallest absolute Gasteiger partial charge is 0.308 e. The largest absolute Gasteiger partial charge is 0.383 e. The van der Waals surface area contributed by atoms with Crippen LogP contribution in [0.25, 0.3) is 0 Å². The highest BCUT2D eigenvalue weighted by atomic mass is 32.2. The number of carbonyl (C=O) groups excluding carboxylic acids is 1. The Labute approximate surface area is 132 Å². The van der Waals surface area contributed by atoms with Crippen LogP contribution in [0.3, 0.4) is 0 Å². The number of hydrogen-bond donors (Lipinski definition) is 0. The number of methoxy groups -OCH3 is 1. The van der Waals surface area contributed by atoms with Gasteiger partial charge in [-0.15, -0.1) is 0 Å². The molecule has 0 spiro atoms. The molecule has 22 heavy (non-hydrogen) atoms. The minimum absolute atomic E-state index is 0.0181. The first-order valence-corrected chi connectivity index (χ1v) is 8.77. The zero-order valence-corrected chi connectivity index (χ0v) is 14.1. The van der Waals surface area contributed by atoms with Crippen LogP contribution in [-0.4, -0.2) is 45.2 Å². The minimum atomic E-state index is -3.55. The van der Waals surface area contributed by atoms with E-state index < -0.39 is 10.1 Å². The Hall–Kier alpha value is -1.60. The Morgan fingerprint density at radius 1 is 1.27 bits per heavy atom. The Balaban J connectivity index is 2.84. The van der Waals surface area contributed by atoms with Gasteiger partial charge in [-0.05, 0) is 24.6 Å². The minimum Gasteiger partial charge on any atom is -0.383 e. The second-order valence-electron chi connectivity index (χ2n) is 4.74. The normalized spacial score (nSPS) is 11.2. The van der Waals surface area contributed by atoms with Crippen molar-refractivity contribution in [3.63, 3.8) is 0 Å². The number of hydrogen-bond acceptors (Lipinski definition) is 5. The fourth-order valence-corrected chi connectivity index (χ4v) is 2.35. The van der Waals surface area contributed by atoms with E-state index in [0.29, 0.717) is 26.1 Å². The zero-order chi connectivity index (χ0) is 16.6. The summed E-state index contributed by atoms with van der Waals surface area (Å²) in [5, 5.41) is 0. The number of amides is 1. The molecule has 1 aromatic rings. The molecule has 0 atom stereocenters. The molecule has 1 rings (SSSR count). The van der Waals surface area contributed by atoms with Crippen LogP contribution < -0.4 is 4.18 Å². The summed E-state index contributed by atoms with van der Waals surface area (Å²) < 4.78 is 33.0. The highest BCUT2D eigenvalue weighted by molar-refractivity contribution is 7.87. The van der Waals surface area contributed by atoms with Crippen LogP contribution in [0.15, 0.2) is 24.3 Å². The standard InChI is InChI=1S/C15H23NO5S/c1-4-15(17)16(9-10-20-3)12-13-7-6-8-14(11-13)21-22(18,19)5-2/h6-8,11H,4-5,9-10,12H2,1-3H3. The van der Waals surface area contributed by atoms with Crippen LogP contribution in [0.1, 0.15) is 25.8 Å². The van der Waals surface area contributed by atoms with E-state index >= 15 is 0 Å². The third kappa shape index (κ3) is 6.03. The second-order valence-corrected chi connectivity index (χ2v) is 6.60. The van der Waals surface area contributed by atoms with Crippen molar-refractivity contribution in [3.8, 4) is 5.75 Å². The zero-order valence-electron chi connectivity index (χ0n) is 13.2. The summed E-state index contributed by atoms with van der Waals surface area (Å²) in [5.74, 6) is 0.186. The lowest BCUT2D eigenvalue weighted by Crippen LogP contribution is -2.32. The van der Waals surface area contributed by atoms with Crippen LogP contribution in [0.5, 0.6) is 5.75 Å². The molecule has 0 aliphatic heterocycles. The van der Waals surface area contributed by atoms with Gasteiger partial charge in [0.25, 0.3) is 0 Å². The van der Waals surface area contributed by atoms with E-state index in [0.717, 1.165) is 5.56 Å². The van der Waals surface area contributed by atoms with E-state index in [-0.39, 0.29) is 17.4 Å². The van der Waals surface area contributed by atoms with Crippen LogP contribution in [0, 0.1) is 0 Å². The molecule has 0 radical (unpaired) electrons. The molecule has 124 valence electrons. The molecule has 0 bridgehead atoms. The molecule has 0 fully saturated rings. The van der Waals surface area contributed by atoms with Gasteiger partial charge in [-0.1, -0.05) is 19.1 Å².